The third kappa shape index (κ3) is 3.77. The van der Waals surface area contributed by atoms with Gasteiger partial charge in [0.2, 0.25) is 0 Å². The first-order valence-electron chi connectivity index (χ1n) is 6.45. The highest BCUT2D eigenvalue weighted by Crippen LogP contribution is 1.87. The molecule has 0 amide bonds. The van der Waals surface area contributed by atoms with Gasteiger partial charge in [-0.3, -0.25) is 9.59 Å². The van der Waals surface area contributed by atoms with E-state index in [1.165, 1.54) is 6.92 Å². The molecule has 0 aromatic carbocycles. The molecule has 116 valence electrons. The van der Waals surface area contributed by atoms with Gasteiger partial charge in [0.25, 0.3) is 0 Å². The van der Waals surface area contributed by atoms with Crippen molar-refractivity contribution in [1.29, 1.82) is 0 Å². The number of carboxylic acid groups (broad SMARTS) is 1. The van der Waals surface area contributed by atoms with Crippen molar-refractivity contribution in [2.24, 2.45) is 0 Å². The van der Waals surface area contributed by atoms with Crippen LogP contribution < -0.4 is 17.1 Å². The number of aromatic nitrogens is 3. The molecule has 9 heteroatoms. The van der Waals surface area contributed by atoms with Gasteiger partial charge in [-0.15, -0.1) is 0 Å². The molecule has 0 spiro atoms. The summed E-state index contributed by atoms with van der Waals surface area (Å²) in [5.41, 5.74) is -2.52. The second kappa shape index (κ2) is 6.82. The number of carbonyl (C=O) groups excluding carboxylic acids is 1. The van der Waals surface area contributed by atoms with Crippen LogP contribution >= 0.6 is 0 Å². The number of rotatable bonds is 7. The van der Waals surface area contributed by atoms with Crippen molar-refractivity contribution in [3.05, 3.63) is 31.5 Å². The maximum atomic E-state index is 12.1. The van der Waals surface area contributed by atoms with Crippen LogP contribution in [0.25, 0.3) is 0 Å². The van der Waals surface area contributed by atoms with Gasteiger partial charge >= 0.3 is 23.0 Å². The summed E-state index contributed by atoms with van der Waals surface area (Å²) in [5.74, 6) is -1.36. The summed E-state index contributed by atoms with van der Waals surface area (Å²) in [7, 11) is 0. The van der Waals surface area contributed by atoms with Crippen LogP contribution in [-0.4, -0.2) is 30.6 Å². The predicted octanol–water partition coefficient (Wildman–Crippen LogP) is -1.35. The Morgan fingerprint density at radius 2 is 1.33 bits per heavy atom. The van der Waals surface area contributed by atoms with Crippen LogP contribution in [0, 0.1) is 0 Å². The summed E-state index contributed by atoms with van der Waals surface area (Å²) in [6.45, 7) is 2.47. The molecular weight excluding hydrogens is 282 g/mol. The molecule has 0 saturated heterocycles. The minimum Gasteiger partial charge on any atom is -0.481 e. The van der Waals surface area contributed by atoms with Crippen molar-refractivity contribution in [1.82, 2.24) is 13.7 Å². The molecule has 9 nitrogen and oxygen atoms in total. The summed E-state index contributed by atoms with van der Waals surface area (Å²) in [6.07, 6.45) is -0.431. The van der Waals surface area contributed by atoms with E-state index in [-0.39, 0.29) is 31.8 Å². The Morgan fingerprint density at radius 1 is 0.905 bits per heavy atom. The molecular formula is C12H17N3O6. The van der Waals surface area contributed by atoms with E-state index < -0.39 is 29.5 Å². The summed E-state index contributed by atoms with van der Waals surface area (Å²) in [5, 5.41) is 8.65. The SMILES string of the molecule is CCn1c(=O)n(CCC(C)=O)c(=O)n(CCC(=O)O)c1=O. The number of carboxylic acids is 1. The Labute approximate surface area is 119 Å². The van der Waals surface area contributed by atoms with E-state index in [1.54, 1.807) is 6.92 Å². The lowest BCUT2D eigenvalue weighted by molar-refractivity contribution is -0.137. The van der Waals surface area contributed by atoms with Gasteiger partial charge in [0.15, 0.2) is 0 Å². The molecule has 0 saturated carbocycles. The van der Waals surface area contributed by atoms with Crippen LogP contribution in [0.1, 0.15) is 26.7 Å². The Hall–Kier alpha value is -2.45. The molecule has 1 aromatic heterocycles. The van der Waals surface area contributed by atoms with Crippen molar-refractivity contribution >= 4 is 11.8 Å². The van der Waals surface area contributed by atoms with Gasteiger partial charge in [-0.25, -0.2) is 28.1 Å². The van der Waals surface area contributed by atoms with Gasteiger partial charge in [0.1, 0.15) is 5.78 Å². The Morgan fingerprint density at radius 3 is 1.71 bits per heavy atom. The molecule has 0 atom stereocenters. The first kappa shape index (κ1) is 16.6. The molecule has 21 heavy (non-hydrogen) atoms. The lowest BCUT2D eigenvalue weighted by atomic mass is 10.3. The maximum Gasteiger partial charge on any atom is 0.336 e. The van der Waals surface area contributed by atoms with E-state index in [1.807, 2.05) is 0 Å². The van der Waals surface area contributed by atoms with Crippen molar-refractivity contribution in [2.75, 3.05) is 0 Å². The van der Waals surface area contributed by atoms with Gasteiger partial charge < -0.3 is 5.11 Å². The van der Waals surface area contributed by atoms with Gasteiger partial charge in [-0.1, -0.05) is 0 Å². The third-order valence-corrected chi connectivity index (χ3v) is 2.94. The Kier molecular flexibility index (Phi) is 5.39. The quantitative estimate of drug-likeness (QED) is 0.664. The summed E-state index contributed by atoms with van der Waals surface area (Å²) < 4.78 is 2.33. The van der Waals surface area contributed by atoms with Gasteiger partial charge in [-0.2, -0.15) is 0 Å². The van der Waals surface area contributed by atoms with Crippen LogP contribution in [0.3, 0.4) is 0 Å². The fraction of sp³-hybridized carbons (Fsp3) is 0.583. The number of ketones is 1. The fourth-order valence-corrected chi connectivity index (χ4v) is 1.81. The van der Waals surface area contributed by atoms with Crippen LogP contribution in [0.2, 0.25) is 0 Å². The van der Waals surface area contributed by atoms with Gasteiger partial charge in [-0.05, 0) is 13.8 Å². The molecule has 1 heterocycles. The van der Waals surface area contributed by atoms with E-state index >= 15 is 0 Å². The smallest absolute Gasteiger partial charge is 0.336 e. The third-order valence-electron chi connectivity index (χ3n) is 2.94. The topological polar surface area (TPSA) is 120 Å². The Balaban J connectivity index is 3.43. The lowest BCUT2D eigenvalue weighted by Crippen LogP contribution is -2.54. The van der Waals surface area contributed by atoms with Crippen molar-refractivity contribution < 1.29 is 14.7 Å². The molecule has 1 aromatic rings. The number of Topliss-reactive ketones (excluding diaryl/α,β-unsaturated/α-hetero) is 1. The van der Waals surface area contributed by atoms with Gasteiger partial charge in [0, 0.05) is 26.1 Å². The highest BCUT2D eigenvalue weighted by Gasteiger charge is 2.15. The fourth-order valence-electron chi connectivity index (χ4n) is 1.81. The van der Waals surface area contributed by atoms with Crippen LogP contribution in [-0.2, 0) is 29.2 Å². The number of hydrogen-bond donors (Lipinski definition) is 1. The molecule has 0 bridgehead atoms. The van der Waals surface area contributed by atoms with E-state index in [4.69, 9.17) is 5.11 Å². The number of carbonyl (C=O) groups is 2. The molecule has 1 rings (SSSR count). The number of aliphatic carboxylic acids is 1. The van der Waals surface area contributed by atoms with Crippen molar-refractivity contribution in [3.8, 4) is 0 Å². The van der Waals surface area contributed by atoms with Crippen LogP contribution in [0.5, 0.6) is 0 Å². The van der Waals surface area contributed by atoms with Crippen LogP contribution in [0.4, 0.5) is 0 Å². The molecule has 0 aliphatic heterocycles. The number of hydrogen-bond acceptors (Lipinski definition) is 5. The normalized spacial score (nSPS) is 10.6. The average molecular weight is 299 g/mol. The van der Waals surface area contributed by atoms with Crippen molar-refractivity contribution in [2.45, 2.75) is 46.3 Å². The predicted molar refractivity (Wildman–Crippen MR) is 72.4 cm³/mol. The molecule has 0 aliphatic rings. The van der Waals surface area contributed by atoms with E-state index in [0.29, 0.717) is 4.57 Å². The van der Waals surface area contributed by atoms with E-state index in [0.717, 1.165) is 9.13 Å². The zero-order valence-corrected chi connectivity index (χ0v) is 11.9. The summed E-state index contributed by atoms with van der Waals surface area (Å²) in [4.78, 5) is 57.7. The van der Waals surface area contributed by atoms with Crippen molar-refractivity contribution in [3.63, 3.8) is 0 Å². The Bertz CT molecular complexity index is 668. The first-order chi connectivity index (χ1) is 9.79. The summed E-state index contributed by atoms with van der Waals surface area (Å²) in [6, 6.07) is 0. The van der Waals surface area contributed by atoms with Crippen LogP contribution in [0.15, 0.2) is 14.4 Å². The standard InChI is InChI=1S/C12H17N3O6/c1-3-13-10(19)14(6-4-8(2)16)12(21)15(11(13)20)7-5-9(17)18/h3-7H2,1-2H3,(H,17,18). The number of nitrogens with zero attached hydrogens (tertiary/aromatic N) is 3. The molecule has 0 fully saturated rings. The van der Waals surface area contributed by atoms with E-state index in [2.05, 4.69) is 0 Å². The molecule has 0 radical (unpaired) electrons. The zero-order valence-electron chi connectivity index (χ0n) is 11.9. The van der Waals surface area contributed by atoms with Gasteiger partial charge in [0.05, 0.1) is 6.42 Å². The molecule has 1 N–H and O–H groups in total. The maximum absolute atomic E-state index is 12.1. The minimum absolute atomic E-state index is 0.0179. The molecule has 0 unspecified atom stereocenters. The summed E-state index contributed by atoms with van der Waals surface area (Å²) >= 11 is 0. The second-order valence-corrected chi connectivity index (χ2v) is 4.49. The average Bonchev–Trinajstić information content (AvgIpc) is 2.38. The lowest BCUT2D eigenvalue weighted by Gasteiger charge is -2.11. The largest absolute Gasteiger partial charge is 0.481 e. The highest BCUT2D eigenvalue weighted by molar-refractivity contribution is 5.75. The monoisotopic (exact) mass is 299 g/mol. The zero-order chi connectivity index (χ0) is 16.2. The van der Waals surface area contributed by atoms with E-state index in [9.17, 15) is 24.0 Å². The highest BCUT2D eigenvalue weighted by atomic mass is 16.4. The molecule has 0 aliphatic carbocycles. The minimum atomic E-state index is -1.16. The second-order valence-electron chi connectivity index (χ2n) is 4.49. The first-order valence-corrected chi connectivity index (χ1v) is 6.45.